The number of hydrogen-bond acceptors (Lipinski definition) is 5. The molecule has 172 valence electrons. The van der Waals surface area contributed by atoms with Crippen molar-refractivity contribution in [3.8, 4) is 5.75 Å². The van der Waals surface area contributed by atoms with Gasteiger partial charge in [0, 0.05) is 41.8 Å². The Morgan fingerprint density at radius 2 is 1.76 bits per heavy atom. The number of hydrogen-bond donors (Lipinski definition) is 1. The highest BCUT2D eigenvalue weighted by Gasteiger charge is 2.42. The summed E-state index contributed by atoms with van der Waals surface area (Å²) in [6.45, 7) is 5.01. The summed E-state index contributed by atoms with van der Waals surface area (Å²) in [5.74, 6) is 0.648. The van der Waals surface area contributed by atoms with Gasteiger partial charge in [0.05, 0.1) is 16.4 Å². The molecule has 0 radical (unpaired) electrons. The van der Waals surface area contributed by atoms with Crippen molar-refractivity contribution < 1.29 is 19.2 Å². The number of fused-ring (bicyclic) bond motifs is 1. The molecule has 1 saturated heterocycles. The maximum absolute atomic E-state index is 13.7. The van der Waals surface area contributed by atoms with Crippen molar-refractivity contribution >= 4 is 28.1 Å². The van der Waals surface area contributed by atoms with Gasteiger partial charge in [-0.25, -0.2) is 0 Å². The number of ether oxygens (including phenoxy) is 2. The van der Waals surface area contributed by atoms with Gasteiger partial charge in [0.2, 0.25) is 5.91 Å². The Kier molecular flexibility index (Phi) is 6.60. The van der Waals surface area contributed by atoms with E-state index >= 15 is 0 Å². The van der Waals surface area contributed by atoms with Crippen LogP contribution in [0, 0.1) is 10.1 Å². The summed E-state index contributed by atoms with van der Waals surface area (Å²) in [4.78, 5) is 24.4. The molecule has 1 amide bonds. The molecule has 0 bridgehead atoms. The molecule has 33 heavy (non-hydrogen) atoms. The van der Waals surface area contributed by atoms with Gasteiger partial charge in [-0.15, -0.1) is 0 Å². The maximum Gasteiger partial charge on any atom is 0.269 e. The minimum atomic E-state index is -0.819. The van der Waals surface area contributed by atoms with Crippen molar-refractivity contribution in [1.29, 1.82) is 0 Å². The molecule has 1 N–H and O–H groups in total. The van der Waals surface area contributed by atoms with E-state index in [2.05, 4.69) is 12.2 Å². The van der Waals surface area contributed by atoms with Crippen LogP contribution in [0.5, 0.6) is 5.75 Å². The molecule has 1 heterocycles. The second-order valence-electron chi connectivity index (χ2n) is 8.45. The van der Waals surface area contributed by atoms with Crippen LogP contribution in [0.3, 0.4) is 0 Å². The predicted octanol–water partition coefficient (Wildman–Crippen LogP) is 5.61. The minimum absolute atomic E-state index is 0.00394. The van der Waals surface area contributed by atoms with E-state index in [0.29, 0.717) is 31.7 Å². The Morgan fingerprint density at radius 1 is 1.09 bits per heavy atom. The summed E-state index contributed by atoms with van der Waals surface area (Å²) in [5, 5.41) is 16.1. The van der Waals surface area contributed by atoms with Crippen LogP contribution in [0.4, 0.5) is 11.4 Å². The largest absolute Gasteiger partial charge is 0.490 e. The van der Waals surface area contributed by atoms with Gasteiger partial charge in [-0.3, -0.25) is 14.9 Å². The number of amides is 1. The average molecular weight is 449 g/mol. The predicted molar refractivity (Wildman–Crippen MR) is 128 cm³/mol. The first-order valence-electron chi connectivity index (χ1n) is 11.3. The SMILES string of the molecule is CC[C@@H](C)Oc1ccc(NC(=O)C2(c3ccc([N+](=O)[O-])cc3)CCOCC2)c2ccccc12. The monoisotopic (exact) mass is 448 g/mol. The summed E-state index contributed by atoms with van der Waals surface area (Å²) >= 11 is 0. The quantitative estimate of drug-likeness (QED) is 0.375. The van der Waals surface area contributed by atoms with Crippen molar-refractivity contribution in [2.45, 2.75) is 44.6 Å². The molecule has 0 aliphatic carbocycles. The third-order valence-electron chi connectivity index (χ3n) is 6.45. The highest BCUT2D eigenvalue weighted by molar-refractivity contribution is 6.07. The Hall–Kier alpha value is -3.45. The topological polar surface area (TPSA) is 90.7 Å². The Balaban J connectivity index is 1.69. The van der Waals surface area contributed by atoms with Crippen LogP contribution in [0.1, 0.15) is 38.7 Å². The van der Waals surface area contributed by atoms with Crippen LogP contribution >= 0.6 is 0 Å². The molecule has 0 saturated carbocycles. The van der Waals surface area contributed by atoms with Crippen molar-refractivity contribution in [1.82, 2.24) is 0 Å². The molecule has 4 rings (SSSR count). The average Bonchev–Trinajstić information content (AvgIpc) is 2.85. The molecular formula is C26H28N2O5. The fourth-order valence-corrected chi connectivity index (χ4v) is 4.29. The smallest absolute Gasteiger partial charge is 0.269 e. The molecule has 0 unspecified atom stereocenters. The Bertz CT molecular complexity index is 1150. The molecule has 7 heteroatoms. The van der Waals surface area contributed by atoms with Crippen molar-refractivity contribution in [3.63, 3.8) is 0 Å². The van der Waals surface area contributed by atoms with Gasteiger partial charge in [-0.2, -0.15) is 0 Å². The highest BCUT2D eigenvalue weighted by Crippen LogP contribution is 2.39. The number of rotatable bonds is 7. The molecule has 1 atom stereocenters. The number of nitrogens with zero attached hydrogens (tertiary/aromatic N) is 1. The molecule has 7 nitrogen and oxygen atoms in total. The summed E-state index contributed by atoms with van der Waals surface area (Å²) in [6, 6.07) is 17.9. The third-order valence-corrected chi connectivity index (χ3v) is 6.45. The summed E-state index contributed by atoms with van der Waals surface area (Å²) in [6.07, 6.45) is 1.99. The van der Waals surface area contributed by atoms with Crippen LogP contribution in [-0.4, -0.2) is 30.1 Å². The maximum atomic E-state index is 13.7. The molecular weight excluding hydrogens is 420 g/mol. The van der Waals surface area contributed by atoms with Crippen molar-refractivity contribution in [2.24, 2.45) is 0 Å². The van der Waals surface area contributed by atoms with Crippen molar-refractivity contribution in [2.75, 3.05) is 18.5 Å². The summed E-state index contributed by atoms with van der Waals surface area (Å²) in [5.41, 5.74) is 0.652. The molecule has 1 aliphatic rings. The zero-order valence-electron chi connectivity index (χ0n) is 18.9. The van der Waals surface area contributed by atoms with Gasteiger partial charge in [-0.1, -0.05) is 43.3 Å². The van der Waals surface area contributed by atoms with E-state index in [9.17, 15) is 14.9 Å². The highest BCUT2D eigenvalue weighted by atomic mass is 16.6. The molecule has 0 aromatic heterocycles. The van der Waals surface area contributed by atoms with E-state index in [0.717, 1.165) is 28.5 Å². The van der Waals surface area contributed by atoms with Crippen LogP contribution in [0.15, 0.2) is 60.7 Å². The van der Waals surface area contributed by atoms with Gasteiger partial charge in [0.15, 0.2) is 0 Å². The number of nitro groups is 1. The lowest BCUT2D eigenvalue weighted by molar-refractivity contribution is -0.384. The lowest BCUT2D eigenvalue weighted by atomic mass is 9.73. The van der Waals surface area contributed by atoms with E-state index < -0.39 is 10.3 Å². The second kappa shape index (κ2) is 9.58. The van der Waals surface area contributed by atoms with Crippen LogP contribution < -0.4 is 10.1 Å². The number of benzene rings is 3. The molecule has 3 aromatic rings. The lowest BCUT2D eigenvalue weighted by Crippen LogP contribution is -2.44. The van der Waals surface area contributed by atoms with Crippen LogP contribution in [-0.2, 0) is 14.9 Å². The van der Waals surface area contributed by atoms with Crippen molar-refractivity contribution in [3.05, 3.63) is 76.3 Å². The first-order chi connectivity index (χ1) is 15.9. The van der Waals surface area contributed by atoms with E-state index in [4.69, 9.17) is 9.47 Å². The van der Waals surface area contributed by atoms with Gasteiger partial charge < -0.3 is 14.8 Å². The zero-order valence-corrected chi connectivity index (χ0v) is 18.9. The number of carbonyl (C=O) groups is 1. The number of nitrogens with one attached hydrogen (secondary N) is 1. The van der Waals surface area contributed by atoms with E-state index in [1.54, 1.807) is 12.1 Å². The Labute approximate surface area is 192 Å². The fraction of sp³-hybridized carbons (Fsp3) is 0.346. The van der Waals surface area contributed by atoms with E-state index in [-0.39, 0.29) is 17.7 Å². The summed E-state index contributed by atoms with van der Waals surface area (Å²) < 4.78 is 11.6. The standard InChI is InChI=1S/C26H28N2O5/c1-3-18(2)33-24-13-12-23(21-6-4-5-7-22(21)24)27-25(29)26(14-16-32-17-15-26)19-8-10-20(11-9-19)28(30)31/h4-13,18H,3,14-17H2,1-2H3,(H,27,29)/t18-/m1/s1. The molecule has 1 fully saturated rings. The van der Waals surface area contributed by atoms with Crippen LogP contribution in [0.2, 0.25) is 0 Å². The minimum Gasteiger partial charge on any atom is -0.490 e. The van der Waals surface area contributed by atoms with E-state index in [1.165, 1.54) is 12.1 Å². The zero-order chi connectivity index (χ0) is 23.4. The fourth-order valence-electron chi connectivity index (χ4n) is 4.29. The number of nitro benzene ring substituents is 1. The molecule has 1 aliphatic heterocycles. The first kappa shape index (κ1) is 22.7. The second-order valence-corrected chi connectivity index (χ2v) is 8.45. The molecule has 0 spiro atoms. The number of carbonyl (C=O) groups excluding carboxylic acids is 1. The summed E-state index contributed by atoms with van der Waals surface area (Å²) in [7, 11) is 0. The van der Waals surface area contributed by atoms with Gasteiger partial charge in [0.25, 0.3) is 5.69 Å². The lowest BCUT2D eigenvalue weighted by Gasteiger charge is -2.36. The van der Waals surface area contributed by atoms with Gasteiger partial charge in [0.1, 0.15) is 5.75 Å². The molecule has 3 aromatic carbocycles. The Morgan fingerprint density at radius 3 is 2.39 bits per heavy atom. The van der Waals surface area contributed by atoms with Gasteiger partial charge >= 0.3 is 0 Å². The van der Waals surface area contributed by atoms with E-state index in [1.807, 2.05) is 43.3 Å². The van der Waals surface area contributed by atoms with Crippen LogP contribution in [0.25, 0.3) is 10.8 Å². The normalized spacial score (nSPS) is 16.2. The van der Waals surface area contributed by atoms with Gasteiger partial charge in [-0.05, 0) is 43.9 Å². The first-order valence-corrected chi connectivity index (χ1v) is 11.3. The third kappa shape index (κ3) is 4.54. The number of non-ortho nitro benzene ring substituents is 1. The number of anilines is 1.